The van der Waals surface area contributed by atoms with Gasteiger partial charge >= 0.3 is 0 Å². The van der Waals surface area contributed by atoms with E-state index < -0.39 is 0 Å². The van der Waals surface area contributed by atoms with Gasteiger partial charge in [0.2, 0.25) is 5.91 Å². The van der Waals surface area contributed by atoms with Gasteiger partial charge in [0, 0.05) is 25.5 Å². The Bertz CT molecular complexity index is 473. The molecule has 0 aromatic carbocycles. The molecule has 18 heavy (non-hydrogen) atoms. The molecule has 1 atom stereocenters. The number of carbonyl (C=O) groups is 2. The minimum atomic E-state index is -0.324. The molecule has 0 unspecified atom stereocenters. The number of rotatable bonds is 2. The molecule has 0 saturated carbocycles. The molecule has 2 heterocycles. The van der Waals surface area contributed by atoms with E-state index in [4.69, 9.17) is 5.73 Å². The fourth-order valence-electron chi connectivity index (χ4n) is 2.25. The molecule has 1 aliphatic rings. The smallest absolute Gasteiger partial charge is 0.255 e. The molecule has 1 fully saturated rings. The topological polar surface area (TPSA) is 76.3 Å². The monoisotopic (exact) mass is 247 g/mol. The second-order valence-electron chi connectivity index (χ2n) is 4.74. The summed E-state index contributed by atoms with van der Waals surface area (Å²) in [6.07, 6.45) is 4.85. The van der Waals surface area contributed by atoms with Crippen molar-refractivity contribution in [2.24, 2.45) is 11.7 Å². The van der Waals surface area contributed by atoms with Gasteiger partial charge in [0.15, 0.2) is 0 Å². The van der Waals surface area contributed by atoms with Crippen molar-refractivity contribution >= 4 is 11.8 Å². The first-order valence-electron chi connectivity index (χ1n) is 6.08. The van der Waals surface area contributed by atoms with E-state index in [-0.39, 0.29) is 17.7 Å². The van der Waals surface area contributed by atoms with Crippen LogP contribution < -0.4 is 5.73 Å². The number of hydrogen-bond donors (Lipinski definition) is 1. The van der Waals surface area contributed by atoms with E-state index in [0.29, 0.717) is 18.7 Å². The first-order chi connectivity index (χ1) is 8.58. The molecule has 2 N–H and O–H groups in total. The maximum Gasteiger partial charge on any atom is 0.255 e. The van der Waals surface area contributed by atoms with E-state index >= 15 is 0 Å². The van der Waals surface area contributed by atoms with E-state index in [2.05, 4.69) is 4.98 Å². The number of pyridine rings is 1. The lowest BCUT2D eigenvalue weighted by Crippen LogP contribution is -2.44. The molecule has 2 rings (SSSR count). The van der Waals surface area contributed by atoms with E-state index in [9.17, 15) is 9.59 Å². The zero-order valence-corrected chi connectivity index (χ0v) is 10.4. The standard InChI is InChI=1S/C13H17N3O2/c1-9-5-11(7-15-6-9)13(18)16-4-2-3-10(8-16)12(14)17/h5-7,10H,2-4,8H2,1H3,(H2,14,17)/t10-/m1/s1. The number of aromatic nitrogens is 1. The molecule has 1 aromatic heterocycles. The first-order valence-corrected chi connectivity index (χ1v) is 6.08. The number of piperidine rings is 1. The largest absolute Gasteiger partial charge is 0.369 e. The van der Waals surface area contributed by atoms with Gasteiger partial charge in [0.1, 0.15) is 0 Å². The van der Waals surface area contributed by atoms with Gasteiger partial charge in [0.25, 0.3) is 5.91 Å². The van der Waals surface area contributed by atoms with Gasteiger partial charge in [-0.2, -0.15) is 0 Å². The Kier molecular flexibility index (Phi) is 3.60. The van der Waals surface area contributed by atoms with Crippen molar-refractivity contribution in [3.63, 3.8) is 0 Å². The van der Waals surface area contributed by atoms with Crippen molar-refractivity contribution in [1.82, 2.24) is 9.88 Å². The molecule has 1 aliphatic heterocycles. The van der Waals surface area contributed by atoms with Crippen LogP contribution in [0.4, 0.5) is 0 Å². The summed E-state index contributed by atoms with van der Waals surface area (Å²) in [6, 6.07) is 1.81. The summed E-state index contributed by atoms with van der Waals surface area (Å²) in [6.45, 7) is 2.99. The third-order valence-electron chi connectivity index (χ3n) is 3.23. The van der Waals surface area contributed by atoms with Gasteiger partial charge in [-0.1, -0.05) is 0 Å². The van der Waals surface area contributed by atoms with Crippen molar-refractivity contribution < 1.29 is 9.59 Å². The van der Waals surface area contributed by atoms with E-state index in [0.717, 1.165) is 18.4 Å². The number of primary amides is 1. The number of nitrogens with two attached hydrogens (primary N) is 1. The van der Waals surface area contributed by atoms with Gasteiger partial charge in [-0.15, -0.1) is 0 Å². The highest BCUT2D eigenvalue weighted by Gasteiger charge is 2.27. The Balaban J connectivity index is 2.11. The fourth-order valence-corrected chi connectivity index (χ4v) is 2.25. The van der Waals surface area contributed by atoms with Crippen LogP contribution in [-0.2, 0) is 4.79 Å². The molecule has 96 valence electrons. The van der Waals surface area contributed by atoms with Crippen LogP contribution >= 0.6 is 0 Å². The summed E-state index contributed by atoms with van der Waals surface area (Å²) in [7, 11) is 0. The van der Waals surface area contributed by atoms with E-state index in [1.54, 1.807) is 17.3 Å². The Hall–Kier alpha value is -1.91. The van der Waals surface area contributed by atoms with Crippen LogP contribution in [0.3, 0.4) is 0 Å². The summed E-state index contributed by atoms with van der Waals surface area (Å²) < 4.78 is 0. The summed E-state index contributed by atoms with van der Waals surface area (Å²) in [4.78, 5) is 29.1. The fraction of sp³-hybridized carbons (Fsp3) is 0.462. The zero-order valence-electron chi connectivity index (χ0n) is 10.4. The van der Waals surface area contributed by atoms with Crippen LogP contribution in [0.15, 0.2) is 18.5 Å². The van der Waals surface area contributed by atoms with Crippen molar-refractivity contribution in [2.75, 3.05) is 13.1 Å². The molecular weight excluding hydrogens is 230 g/mol. The third kappa shape index (κ3) is 2.67. The molecule has 0 bridgehead atoms. The van der Waals surface area contributed by atoms with Gasteiger partial charge in [-0.05, 0) is 31.4 Å². The molecule has 2 amide bonds. The number of carbonyl (C=O) groups excluding carboxylic acids is 2. The molecule has 0 spiro atoms. The summed E-state index contributed by atoms with van der Waals surface area (Å²) in [5.41, 5.74) is 6.82. The lowest BCUT2D eigenvalue weighted by molar-refractivity contribution is -0.123. The minimum absolute atomic E-state index is 0.0721. The molecule has 0 aliphatic carbocycles. The summed E-state index contributed by atoms with van der Waals surface area (Å²) in [5, 5.41) is 0. The first kappa shape index (κ1) is 12.5. The molecule has 5 heteroatoms. The van der Waals surface area contributed by atoms with Crippen molar-refractivity contribution in [1.29, 1.82) is 0 Å². The van der Waals surface area contributed by atoms with Crippen molar-refractivity contribution in [3.05, 3.63) is 29.6 Å². The highest BCUT2D eigenvalue weighted by molar-refractivity contribution is 5.94. The Morgan fingerprint density at radius 1 is 1.44 bits per heavy atom. The highest BCUT2D eigenvalue weighted by atomic mass is 16.2. The number of hydrogen-bond acceptors (Lipinski definition) is 3. The predicted octanol–water partition coefficient (Wildman–Crippen LogP) is 0.728. The molecule has 1 saturated heterocycles. The quantitative estimate of drug-likeness (QED) is 0.837. The zero-order chi connectivity index (χ0) is 13.1. The number of amides is 2. The van der Waals surface area contributed by atoms with Gasteiger partial charge in [-0.3, -0.25) is 14.6 Å². The van der Waals surface area contributed by atoms with Crippen LogP contribution in [0.5, 0.6) is 0 Å². The maximum absolute atomic E-state index is 12.3. The second-order valence-corrected chi connectivity index (χ2v) is 4.74. The number of nitrogens with zero attached hydrogens (tertiary/aromatic N) is 2. The average Bonchev–Trinajstić information content (AvgIpc) is 2.38. The molecular formula is C13H17N3O2. The van der Waals surface area contributed by atoms with Crippen LogP contribution in [0.1, 0.15) is 28.8 Å². The third-order valence-corrected chi connectivity index (χ3v) is 3.23. The summed E-state index contributed by atoms with van der Waals surface area (Å²) in [5.74, 6) is -0.618. The highest BCUT2D eigenvalue weighted by Crippen LogP contribution is 2.18. The van der Waals surface area contributed by atoms with Crippen LogP contribution in [0.25, 0.3) is 0 Å². The number of likely N-dealkylation sites (tertiary alicyclic amines) is 1. The average molecular weight is 247 g/mol. The molecule has 1 aromatic rings. The molecule has 5 nitrogen and oxygen atoms in total. The summed E-state index contributed by atoms with van der Waals surface area (Å²) >= 11 is 0. The van der Waals surface area contributed by atoms with Crippen LogP contribution in [0, 0.1) is 12.8 Å². The minimum Gasteiger partial charge on any atom is -0.369 e. The predicted molar refractivity (Wildman–Crippen MR) is 66.8 cm³/mol. The Morgan fingerprint density at radius 2 is 2.22 bits per heavy atom. The van der Waals surface area contributed by atoms with Crippen LogP contribution in [0.2, 0.25) is 0 Å². The van der Waals surface area contributed by atoms with E-state index in [1.165, 1.54) is 0 Å². The van der Waals surface area contributed by atoms with Crippen molar-refractivity contribution in [3.8, 4) is 0 Å². The number of aryl methyl sites for hydroxylation is 1. The van der Waals surface area contributed by atoms with Crippen LogP contribution in [-0.4, -0.2) is 34.8 Å². The van der Waals surface area contributed by atoms with Gasteiger partial charge < -0.3 is 10.6 Å². The molecule has 0 radical (unpaired) electrons. The van der Waals surface area contributed by atoms with Gasteiger partial charge in [-0.25, -0.2) is 0 Å². The van der Waals surface area contributed by atoms with Gasteiger partial charge in [0.05, 0.1) is 11.5 Å². The van der Waals surface area contributed by atoms with E-state index in [1.807, 2.05) is 13.0 Å². The second kappa shape index (κ2) is 5.16. The maximum atomic E-state index is 12.3. The normalized spacial score (nSPS) is 19.6. The van der Waals surface area contributed by atoms with Crippen molar-refractivity contribution in [2.45, 2.75) is 19.8 Å². The Morgan fingerprint density at radius 3 is 2.89 bits per heavy atom. The lowest BCUT2D eigenvalue weighted by Gasteiger charge is -2.31. The Labute approximate surface area is 106 Å². The SMILES string of the molecule is Cc1cncc(C(=O)N2CCC[C@@H](C(N)=O)C2)c1. The lowest BCUT2D eigenvalue weighted by atomic mass is 9.97.